The van der Waals surface area contributed by atoms with Gasteiger partial charge in [0.05, 0.1) is 5.56 Å². The van der Waals surface area contributed by atoms with Gasteiger partial charge in [0.2, 0.25) is 5.88 Å². The maximum absolute atomic E-state index is 11.2. The van der Waals surface area contributed by atoms with E-state index in [0.717, 1.165) is 0 Å². The van der Waals surface area contributed by atoms with Gasteiger partial charge in [0.1, 0.15) is 7.11 Å². The van der Waals surface area contributed by atoms with E-state index < -0.39 is 11.4 Å². The number of ketones is 1. The highest BCUT2D eigenvalue weighted by atomic mass is 16.7. The first-order valence-electron chi connectivity index (χ1n) is 4.00. The summed E-state index contributed by atoms with van der Waals surface area (Å²) in [6.45, 7) is 2.89. The van der Waals surface area contributed by atoms with Crippen LogP contribution >= 0.6 is 0 Å². The standard InChI is InChI=1S/C9H11NO4/c1-5-4-7(12)10(14-3)9(13)8(5)6(2)11/h4,13H,1-3H3. The van der Waals surface area contributed by atoms with Crippen LogP contribution in [0.15, 0.2) is 10.9 Å². The number of aromatic nitrogens is 1. The molecule has 1 aromatic heterocycles. The van der Waals surface area contributed by atoms with E-state index in [-0.39, 0.29) is 11.3 Å². The van der Waals surface area contributed by atoms with E-state index in [1.165, 1.54) is 20.1 Å². The van der Waals surface area contributed by atoms with Gasteiger partial charge in [-0.3, -0.25) is 9.59 Å². The lowest BCUT2D eigenvalue weighted by molar-refractivity contribution is 0.0987. The number of carbonyl (C=O) groups is 1. The van der Waals surface area contributed by atoms with Crippen LogP contribution in [-0.2, 0) is 0 Å². The van der Waals surface area contributed by atoms with Gasteiger partial charge in [0.15, 0.2) is 5.78 Å². The fraction of sp³-hybridized carbons (Fsp3) is 0.333. The van der Waals surface area contributed by atoms with Crippen molar-refractivity contribution in [3.8, 4) is 5.88 Å². The number of rotatable bonds is 2. The summed E-state index contributed by atoms with van der Waals surface area (Å²) in [6, 6.07) is 1.24. The van der Waals surface area contributed by atoms with Crippen LogP contribution in [0.5, 0.6) is 5.88 Å². The van der Waals surface area contributed by atoms with Gasteiger partial charge in [-0.2, -0.15) is 0 Å². The molecule has 0 atom stereocenters. The Balaban J connectivity index is 3.60. The van der Waals surface area contributed by atoms with E-state index in [1.807, 2.05) is 0 Å². The molecule has 0 aliphatic carbocycles. The van der Waals surface area contributed by atoms with Gasteiger partial charge < -0.3 is 9.94 Å². The van der Waals surface area contributed by atoms with Gasteiger partial charge in [-0.15, -0.1) is 4.73 Å². The molecule has 5 heteroatoms. The lowest BCUT2D eigenvalue weighted by atomic mass is 10.1. The van der Waals surface area contributed by atoms with Crippen molar-refractivity contribution in [1.82, 2.24) is 4.73 Å². The molecule has 1 aromatic rings. The molecule has 0 bridgehead atoms. The molecule has 14 heavy (non-hydrogen) atoms. The van der Waals surface area contributed by atoms with Crippen LogP contribution in [0.25, 0.3) is 0 Å². The number of Topliss-reactive ketones (excluding diaryl/α,β-unsaturated/α-hetero) is 1. The lowest BCUT2D eigenvalue weighted by Crippen LogP contribution is -2.26. The van der Waals surface area contributed by atoms with E-state index in [0.29, 0.717) is 10.3 Å². The van der Waals surface area contributed by atoms with Crippen LogP contribution < -0.4 is 10.4 Å². The second kappa shape index (κ2) is 3.53. The average molecular weight is 197 g/mol. The SMILES string of the molecule is COn1c(O)c(C(C)=O)c(C)cc1=O. The lowest BCUT2D eigenvalue weighted by Gasteiger charge is -2.10. The summed E-state index contributed by atoms with van der Waals surface area (Å²) in [5, 5.41) is 9.54. The Hall–Kier alpha value is -1.78. The van der Waals surface area contributed by atoms with Crippen molar-refractivity contribution in [3.05, 3.63) is 27.5 Å². The van der Waals surface area contributed by atoms with E-state index in [2.05, 4.69) is 4.84 Å². The Kier molecular flexibility index (Phi) is 2.60. The first-order valence-corrected chi connectivity index (χ1v) is 4.00. The molecule has 0 fully saturated rings. The van der Waals surface area contributed by atoms with Gasteiger partial charge in [-0.05, 0) is 19.4 Å². The summed E-state index contributed by atoms with van der Waals surface area (Å²) in [5.41, 5.74) is 0.0345. The number of aromatic hydroxyl groups is 1. The van der Waals surface area contributed by atoms with E-state index in [4.69, 9.17) is 0 Å². The number of hydrogen-bond acceptors (Lipinski definition) is 4. The van der Waals surface area contributed by atoms with E-state index in [9.17, 15) is 14.7 Å². The molecule has 0 saturated heterocycles. The van der Waals surface area contributed by atoms with Crippen LogP contribution in [-0.4, -0.2) is 22.7 Å². The number of carbonyl (C=O) groups excluding carboxylic acids is 1. The highest BCUT2D eigenvalue weighted by Gasteiger charge is 2.16. The van der Waals surface area contributed by atoms with Gasteiger partial charge in [-0.1, -0.05) is 0 Å². The molecule has 1 N–H and O–H groups in total. The Bertz CT molecular complexity index is 433. The van der Waals surface area contributed by atoms with Crippen molar-refractivity contribution in [2.24, 2.45) is 0 Å². The van der Waals surface area contributed by atoms with Crippen LogP contribution in [0.4, 0.5) is 0 Å². The Morgan fingerprint density at radius 3 is 2.57 bits per heavy atom. The number of hydrogen-bond donors (Lipinski definition) is 1. The third-order valence-corrected chi connectivity index (χ3v) is 1.89. The fourth-order valence-corrected chi connectivity index (χ4v) is 1.31. The number of nitrogens with zero attached hydrogens (tertiary/aromatic N) is 1. The molecule has 1 rings (SSSR count). The van der Waals surface area contributed by atoms with Crippen LogP contribution in [0.2, 0.25) is 0 Å². The molecule has 0 saturated carbocycles. The molecule has 0 aliphatic heterocycles. The quantitative estimate of drug-likeness (QED) is 0.684. The first kappa shape index (κ1) is 10.3. The third-order valence-electron chi connectivity index (χ3n) is 1.89. The summed E-state index contributed by atoms with van der Waals surface area (Å²) in [6.07, 6.45) is 0. The normalized spacial score (nSPS) is 9.93. The second-order valence-corrected chi connectivity index (χ2v) is 2.90. The summed E-state index contributed by atoms with van der Waals surface area (Å²) in [4.78, 5) is 27.0. The van der Waals surface area contributed by atoms with Crippen molar-refractivity contribution >= 4 is 5.78 Å². The maximum Gasteiger partial charge on any atom is 0.286 e. The summed E-state index contributed by atoms with van der Waals surface area (Å²) in [5.74, 6) is -0.768. The summed E-state index contributed by atoms with van der Waals surface area (Å²) < 4.78 is 0.670. The number of pyridine rings is 1. The minimum absolute atomic E-state index is 0.103. The molecule has 0 amide bonds. The van der Waals surface area contributed by atoms with Crippen LogP contribution in [0, 0.1) is 6.92 Å². The zero-order chi connectivity index (χ0) is 10.9. The zero-order valence-corrected chi connectivity index (χ0v) is 8.20. The Labute approximate surface area is 80.5 Å². The molecular weight excluding hydrogens is 186 g/mol. The van der Waals surface area contributed by atoms with E-state index in [1.54, 1.807) is 6.92 Å². The molecular formula is C9H11NO4. The third kappa shape index (κ3) is 1.48. The highest BCUT2D eigenvalue weighted by molar-refractivity contribution is 5.97. The fourth-order valence-electron chi connectivity index (χ4n) is 1.31. The van der Waals surface area contributed by atoms with Gasteiger partial charge >= 0.3 is 0 Å². The maximum atomic E-state index is 11.2. The molecule has 0 aliphatic rings. The molecule has 0 aromatic carbocycles. The summed E-state index contributed by atoms with van der Waals surface area (Å²) >= 11 is 0. The first-order chi connectivity index (χ1) is 6.49. The van der Waals surface area contributed by atoms with Crippen molar-refractivity contribution < 1.29 is 14.7 Å². The number of aryl methyl sites for hydroxylation is 1. The van der Waals surface area contributed by atoms with Crippen LogP contribution in [0.3, 0.4) is 0 Å². The monoisotopic (exact) mass is 197 g/mol. The smallest absolute Gasteiger partial charge is 0.286 e. The average Bonchev–Trinajstić information content (AvgIpc) is 2.02. The Morgan fingerprint density at radius 2 is 2.14 bits per heavy atom. The second-order valence-electron chi connectivity index (χ2n) is 2.90. The van der Waals surface area contributed by atoms with Crippen LogP contribution in [0.1, 0.15) is 22.8 Å². The summed E-state index contributed by atoms with van der Waals surface area (Å²) in [7, 11) is 1.24. The van der Waals surface area contributed by atoms with Crippen molar-refractivity contribution in [1.29, 1.82) is 0 Å². The molecule has 0 radical (unpaired) electrons. The Morgan fingerprint density at radius 1 is 1.57 bits per heavy atom. The van der Waals surface area contributed by atoms with Crippen molar-refractivity contribution in [3.63, 3.8) is 0 Å². The minimum atomic E-state index is -0.507. The molecule has 0 spiro atoms. The minimum Gasteiger partial charge on any atom is -0.492 e. The van der Waals surface area contributed by atoms with E-state index >= 15 is 0 Å². The molecule has 5 nitrogen and oxygen atoms in total. The highest BCUT2D eigenvalue weighted by Crippen LogP contribution is 2.17. The van der Waals surface area contributed by atoms with Gasteiger partial charge in [0.25, 0.3) is 5.56 Å². The molecule has 1 heterocycles. The predicted molar refractivity (Wildman–Crippen MR) is 49.6 cm³/mol. The predicted octanol–water partition coefficient (Wildman–Crippen LogP) is 0.123. The topological polar surface area (TPSA) is 68.5 Å². The largest absolute Gasteiger partial charge is 0.492 e. The van der Waals surface area contributed by atoms with Crippen molar-refractivity contribution in [2.75, 3.05) is 7.11 Å². The van der Waals surface area contributed by atoms with Crippen molar-refractivity contribution in [2.45, 2.75) is 13.8 Å². The molecule has 76 valence electrons. The van der Waals surface area contributed by atoms with Gasteiger partial charge in [0, 0.05) is 6.07 Å². The van der Waals surface area contributed by atoms with Gasteiger partial charge in [-0.25, -0.2) is 0 Å². The molecule has 0 unspecified atom stereocenters. The zero-order valence-electron chi connectivity index (χ0n) is 8.20.